The Morgan fingerprint density at radius 3 is 2.22 bits per heavy atom. The van der Waals surface area contributed by atoms with E-state index in [-0.39, 0.29) is 18.5 Å². The van der Waals surface area contributed by atoms with Gasteiger partial charge in [0.2, 0.25) is 15.9 Å². The van der Waals surface area contributed by atoms with Crippen LogP contribution in [0, 0.1) is 0 Å². The molecule has 0 saturated carbocycles. The van der Waals surface area contributed by atoms with Crippen LogP contribution in [0.4, 0.5) is 0 Å². The summed E-state index contributed by atoms with van der Waals surface area (Å²) in [7, 11) is -1.74. The molecule has 0 aliphatic carbocycles. The summed E-state index contributed by atoms with van der Waals surface area (Å²) in [5.74, 6) is 0.0344. The van der Waals surface area contributed by atoms with Gasteiger partial charge in [0.1, 0.15) is 0 Å². The van der Waals surface area contributed by atoms with Gasteiger partial charge in [0.15, 0.2) is 0 Å². The van der Waals surface area contributed by atoms with Gasteiger partial charge in [-0.3, -0.25) is 9.69 Å². The Bertz CT molecular complexity index is 1190. The maximum absolute atomic E-state index is 13.1. The van der Waals surface area contributed by atoms with E-state index in [4.69, 9.17) is 0 Å². The van der Waals surface area contributed by atoms with Crippen LogP contribution in [0.15, 0.2) is 77.7 Å². The molecule has 4 rings (SSSR count). The molecule has 1 saturated heterocycles. The van der Waals surface area contributed by atoms with E-state index in [0.29, 0.717) is 31.1 Å². The highest BCUT2D eigenvalue weighted by Gasteiger charge is 2.30. The van der Waals surface area contributed by atoms with Gasteiger partial charge in [-0.05, 0) is 35.4 Å². The lowest BCUT2D eigenvalue weighted by Crippen LogP contribution is -2.51. The van der Waals surface area contributed by atoms with E-state index in [0.717, 1.165) is 16.3 Å². The van der Waals surface area contributed by atoms with Crippen molar-refractivity contribution in [2.45, 2.75) is 17.9 Å². The van der Waals surface area contributed by atoms with Crippen LogP contribution in [-0.2, 0) is 14.8 Å². The fourth-order valence-corrected chi connectivity index (χ4v) is 5.54. The zero-order valence-corrected chi connectivity index (χ0v) is 19.3. The zero-order chi connectivity index (χ0) is 22.7. The van der Waals surface area contributed by atoms with Crippen LogP contribution >= 0.6 is 0 Å². The van der Waals surface area contributed by atoms with Crippen LogP contribution in [0.25, 0.3) is 10.8 Å². The minimum absolute atomic E-state index is 0.0155. The quantitative estimate of drug-likeness (QED) is 0.577. The Balaban J connectivity index is 1.36. The van der Waals surface area contributed by atoms with E-state index in [1.54, 1.807) is 17.0 Å². The number of fused-ring (bicyclic) bond motifs is 1. The van der Waals surface area contributed by atoms with Gasteiger partial charge in [0, 0.05) is 33.2 Å². The maximum atomic E-state index is 13.1. The first-order valence-electron chi connectivity index (χ1n) is 10.9. The Labute approximate surface area is 190 Å². The largest absolute Gasteiger partial charge is 0.338 e. The van der Waals surface area contributed by atoms with Crippen molar-refractivity contribution in [2.75, 3.05) is 39.8 Å². The summed E-state index contributed by atoms with van der Waals surface area (Å²) in [6.45, 7) is 4.12. The molecule has 1 unspecified atom stereocenters. The molecule has 3 aromatic carbocycles. The lowest BCUT2D eigenvalue weighted by molar-refractivity contribution is -0.133. The van der Waals surface area contributed by atoms with E-state index in [2.05, 4.69) is 0 Å². The second kappa shape index (κ2) is 9.40. The summed E-state index contributed by atoms with van der Waals surface area (Å²) >= 11 is 0. The minimum atomic E-state index is -3.56. The van der Waals surface area contributed by atoms with Crippen molar-refractivity contribution in [3.8, 4) is 0 Å². The van der Waals surface area contributed by atoms with Gasteiger partial charge >= 0.3 is 0 Å². The van der Waals surface area contributed by atoms with Gasteiger partial charge in [-0.15, -0.1) is 0 Å². The molecule has 0 radical (unpaired) electrons. The van der Waals surface area contributed by atoms with E-state index in [1.807, 2.05) is 79.5 Å². The molecule has 1 atom stereocenters. The molecule has 1 fully saturated rings. The van der Waals surface area contributed by atoms with Crippen LogP contribution < -0.4 is 0 Å². The predicted octanol–water partition coefficient (Wildman–Crippen LogP) is 3.37. The van der Waals surface area contributed by atoms with Gasteiger partial charge in [0.05, 0.1) is 17.5 Å². The third-order valence-corrected chi connectivity index (χ3v) is 8.20. The lowest BCUT2D eigenvalue weighted by atomic mass is 10.1. The summed E-state index contributed by atoms with van der Waals surface area (Å²) in [5, 5.41) is 1.93. The highest BCUT2D eigenvalue weighted by Crippen LogP contribution is 2.23. The fourth-order valence-electron chi connectivity index (χ4n) is 4.08. The summed E-state index contributed by atoms with van der Waals surface area (Å²) in [6, 6.07) is 22.9. The van der Waals surface area contributed by atoms with Gasteiger partial charge in [0.25, 0.3) is 0 Å². The van der Waals surface area contributed by atoms with Gasteiger partial charge < -0.3 is 4.90 Å². The molecule has 0 bridgehead atoms. The zero-order valence-electron chi connectivity index (χ0n) is 18.5. The molecule has 7 heteroatoms. The SMILES string of the molecule is CC(c1ccccc1)N(C)C(=O)CN1CCN(S(=O)(=O)c2ccc3ccccc3c2)CC1. The van der Waals surface area contributed by atoms with Crippen LogP contribution in [0.3, 0.4) is 0 Å². The molecule has 0 N–H and O–H groups in total. The summed E-state index contributed by atoms with van der Waals surface area (Å²) in [4.78, 5) is 16.9. The van der Waals surface area contributed by atoms with Crippen molar-refractivity contribution in [1.29, 1.82) is 0 Å². The fraction of sp³-hybridized carbons (Fsp3) is 0.320. The van der Waals surface area contributed by atoms with E-state index >= 15 is 0 Å². The number of sulfonamides is 1. The molecule has 168 valence electrons. The molecule has 1 aliphatic heterocycles. The summed E-state index contributed by atoms with van der Waals surface area (Å²) in [5.41, 5.74) is 1.09. The monoisotopic (exact) mass is 451 g/mol. The average molecular weight is 452 g/mol. The highest BCUT2D eigenvalue weighted by atomic mass is 32.2. The average Bonchev–Trinajstić information content (AvgIpc) is 2.83. The Kier molecular flexibility index (Phi) is 6.60. The number of hydrogen-bond donors (Lipinski definition) is 0. The summed E-state index contributed by atoms with van der Waals surface area (Å²) in [6.07, 6.45) is 0. The first-order chi connectivity index (χ1) is 15.4. The van der Waals surface area contributed by atoms with E-state index in [9.17, 15) is 13.2 Å². The number of benzene rings is 3. The first-order valence-corrected chi connectivity index (χ1v) is 12.3. The number of likely N-dealkylation sites (N-methyl/N-ethyl adjacent to an activating group) is 1. The second-order valence-electron chi connectivity index (χ2n) is 8.28. The molecule has 6 nitrogen and oxygen atoms in total. The molecule has 1 heterocycles. The number of carbonyl (C=O) groups is 1. The van der Waals surface area contributed by atoms with Crippen molar-refractivity contribution in [2.24, 2.45) is 0 Å². The van der Waals surface area contributed by atoms with Gasteiger partial charge in [-0.25, -0.2) is 8.42 Å². The lowest BCUT2D eigenvalue weighted by Gasteiger charge is -2.35. The first kappa shape index (κ1) is 22.5. The Hall–Kier alpha value is -2.74. The van der Waals surface area contributed by atoms with Crippen molar-refractivity contribution >= 4 is 26.7 Å². The van der Waals surface area contributed by atoms with E-state index in [1.165, 1.54) is 4.31 Å². The van der Waals surface area contributed by atoms with E-state index < -0.39 is 10.0 Å². The maximum Gasteiger partial charge on any atom is 0.243 e. The topological polar surface area (TPSA) is 60.9 Å². The number of carbonyl (C=O) groups excluding carboxylic acids is 1. The number of amides is 1. The Morgan fingerprint density at radius 1 is 0.906 bits per heavy atom. The van der Waals surface area contributed by atoms with Crippen molar-refractivity contribution in [3.05, 3.63) is 78.4 Å². The van der Waals surface area contributed by atoms with Crippen molar-refractivity contribution in [3.63, 3.8) is 0 Å². The number of hydrogen-bond acceptors (Lipinski definition) is 4. The Morgan fingerprint density at radius 2 is 1.53 bits per heavy atom. The van der Waals surface area contributed by atoms with Crippen LogP contribution in [-0.4, -0.2) is 68.2 Å². The van der Waals surface area contributed by atoms with Crippen LogP contribution in [0.2, 0.25) is 0 Å². The minimum Gasteiger partial charge on any atom is -0.338 e. The molecule has 32 heavy (non-hydrogen) atoms. The third kappa shape index (κ3) is 4.70. The van der Waals surface area contributed by atoms with Crippen molar-refractivity contribution in [1.82, 2.24) is 14.1 Å². The number of nitrogens with zero attached hydrogens (tertiary/aromatic N) is 3. The molecule has 0 spiro atoms. The third-order valence-electron chi connectivity index (χ3n) is 6.31. The molecule has 1 amide bonds. The standard InChI is InChI=1S/C25H29N3O3S/c1-20(21-8-4-3-5-9-21)26(2)25(29)19-27-14-16-28(17-15-27)32(30,31)24-13-12-22-10-6-7-11-23(22)18-24/h3-13,18,20H,14-17,19H2,1-2H3. The molecule has 0 aromatic heterocycles. The molecular formula is C25H29N3O3S. The second-order valence-corrected chi connectivity index (χ2v) is 10.2. The van der Waals surface area contributed by atoms with Gasteiger partial charge in [-0.1, -0.05) is 60.7 Å². The number of piperazine rings is 1. The summed E-state index contributed by atoms with van der Waals surface area (Å²) < 4.78 is 27.8. The number of rotatable bonds is 6. The molecule has 1 aliphatic rings. The van der Waals surface area contributed by atoms with Crippen LogP contribution in [0.5, 0.6) is 0 Å². The molecule has 3 aromatic rings. The van der Waals surface area contributed by atoms with Crippen LogP contribution in [0.1, 0.15) is 18.5 Å². The molecular weight excluding hydrogens is 422 g/mol. The normalized spacial score (nSPS) is 16.7. The van der Waals surface area contributed by atoms with Crippen molar-refractivity contribution < 1.29 is 13.2 Å². The highest BCUT2D eigenvalue weighted by molar-refractivity contribution is 7.89. The smallest absolute Gasteiger partial charge is 0.243 e. The predicted molar refractivity (Wildman–Crippen MR) is 127 cm³/mol. The van der Waals surface area contributed by atoms with Gasteiger partial charge in [-0.2, -0.15) is 4.31 Å².